The van der Waals surface area contributed by atoms with Gasteiger partial charge in [-0.2, -0.15) is 0 Å². The summed E-state index contributed by atoms with van der Waals surface area (Å²) in [5, 5.41) is 0. The van der Waals surface area contributed by atoms with Gasteiger partial charge < -0.3 is 8.92 Å². The van der Waals surface area contributed by atoms with Gasteiger partial charge in [0, 0.05) is 17.8 Å². The summed E-state index contributed by atoms with van der Waals surface area (Å²) < 4.78 is 36.6. The van der Waals surface area contributed by atoms with Gasteiger partial charge in [0.1, 0.15) is 6.61 Å². The number of halogens is 2. The van der Waals surface area contributed by atoms with E-state index in [-0.39, 0.29) is 23.0 Å². The maximum atomic E-state index is 12.9. The van der Waals surface area contributed by atoms with Crippen molar-refractivity contribution in [2.75, 3.05) is 19.8 Å². The number of aromatic nitrogens is 1. The molecule has 0 spiro atoms. The fraction of sp³-hybridized carbons (Fsp3) is 0.667. The molecule has 2 fully saturated rings. The molecule has 3 rings (SSSR count). The Hall–Kier alpha value is -0.920. The van der Waals surface area contributed by atoms with Gasteiger partial charge in [-0.3, -0.25) is 4.90 Å². The maximum absolute atomic E-state index is 12.9. The van der Waals surface area contributed by atoms with E-state index in [1.807, 2.05) is 0 Å². The van der Waals surface area contributed by atoms with Crippen molar-refractivity contribution in [2.24, 2.45) is 0 Å². The van der Waals surface area contributed by atoms with Crippen LogP contribution in [0.1, 0.15) is 37.7 Å². The fourth-order valence-electron chi connectivity index (χ4n) is 3.77. The van der Waals surface area contributed by atoms with E-state index in [9.17, 15) is 8.78 Å². The molecule has 1 aromatic rings. The molecule has 0 amide bonds. The monoisotopic (exact) mass is 330 g/mol. The third-order valence-electron chi connectivity index (χ3n) is 4.82. The Labute approximate surface area is 134 Å². The highest BCUT2D eigenvalue weighted by atomic mass is 32.1. The van der Waals surface area contributed by atoms with E-state index < -0.39 is 6.43 Å². The van der Waals surface area contributed by atoms with E-state index in [1.165, 1.54) is 18.3 Å². The van der Waals surface area contributed by atoms with Crippen molar-refractivity contribution in [3.8, 4) is 5.88 Å². The predicted molar refractivity (Wildman–Crippen MR) is 81.3 cm³/mol. The topological polar surface area (TPSA) is 34.6 Å². The molecule has 7 heteroatoms. The molecule has 0 aliphatic carbocycles. The normalized spacial score (nSPS) is 28.3. The first-order chi connectivity index (χ1) is 10.7. The SMILES string of the molecule is FC(F)c1cccnc1OC[C@@H]1CC[C@]2(COS)CCCN12. The molecule has 2 atom stereocenters. The Balaban J connectivity index is 1.66. The number of thiol groups is 1. The second-order valence-electron chi connectivity index (χ2n) is 6.00. The van der Waals surface area contributed by atoms with Gasteiger partial charge in [0.2, 0.25) is 5.88 Å². The summed E-state index contributed by atoms with van der Waals surface area (Å²) in [6.45, 7) is 1.97. The highest BCUT2D eigenvalue weighted by Crippen LogP contribution is 2.43. The third kappa shape index (κ3) is 2.94. The molecule has 2 saturated heterocycles. The average Bonchev–Trinajstić information content (AvgIpc) is 3.05. The van der Waals surface area contributed by atoms with Crippen LogP contribution in [0.15, 0.2) is 18.3 Å². The summed E-state index contributed by atoms with van der Waals surface area (Å²) in [5.41, 5.74) is -0.0994. The maximum Gasteiger partial charge on any atom is 0.269 e. The smallest absolute Gasteiger partial charge is 0.269 e. The zero-order valence-corrected chi connectivity index (χ0v) is 13.1. The number of hydrogen-bond donors (Lipinski definition) is 1. The van der Waals surface area contributed by atoms with Gasteiger partial charge in [0.25, 0.3) is 6.43 Å². The summed E-state index contributed by atoms with van der Waals surface area (Å²) in [6, 6.07) is 3.08. The molecule has 0 unspecified atom stereocenters. The van der Waals surface area contributed by atoms with Crippen LogP contribution in [0.2, 0.25) is 0 Å². The summed E-state index contributed by atoms with van der Waals surface area (Å²) in [5.74, 6) is 0.0413. The van der Waals surface area contributed by atoms with Gasteiger partial charge in [-0.15, -0.1) is 0 Å². The van der Waals surface area contributed by atoms with Crippen LogP contribution >= 0.6 is 12.9 Å². The van der Waals surface area contributed by atoms with Crippen LogP contribution in [0.3, 0.4) is 0 Å². The van der Waals surface area contributed by atoms with E-state index in [1.54, 1.807) is 0 Å². The highest BCUT2D eigenvalue weighted by Gasteiger charge is 2.49. The molecule has 0 bridgehead atoms. The van der Waals surface area contributed by atoms with Crippen molar-refractivity contribution in [2.45, 2.75) is 43.7 Å². The van der Waals surface area contributed by atoms with E-state index in [0.29, 0.717) is 13.2 Å². The van der Waals surface area contributed by atoms with Crippen LogP contribution in [0.4, 0.5) is 8.78 Å². The minimum atomic E-state index is -2.57. The molecule has 0 aromatic carbocycles. The number of ether oxygens (including phenoxy) is 1. The van der Waals surface area contributed by atoms with Crippen molar-refractivity contribution < 1.29 is 17.7 Å². The first-order valence-electron chi connectivity index (χ1n) is 7.55. The van der Waals surface area contributed by atoms with Crippen molar-refractivity contribution in [1.82, 2.24) is 9.88 Å². The minimum absolute atomic E-state index is 0.0413. The summed E-state index contributed by atoms with van der Waals surface area (Å²) in [4.78, 5) is 6.34. The van der Waals surface area contributed by atoms with Gasteiger partial charge in [0.15, 0.2) is 0 Å². The van der Waals surface area contributed by atoms with Crippen LogP contribution in [-0.4, -0.2) is 41.2 Å². The highest BCUT2D eigenvalue weighted by molar-refractivity contribution is 7.75. The van der Waals surface area contributed by atoms with Crippen molar-refractivity contribution in [3.05, 3.63) is 23.9 Å². The van der Waals surface area contributed by atoms with Gasteiger partial charge in [-0.25, -0.2) is 13.8 Å². The lowest BCUT2D eigenvalue weighted by Gasteiger charge is -2.34. The molecule has 0 saturated carbocycles. The molecule has 22 heavy (non-hydrogen) atoms. The van der Waals surface area contributed by atoms with Crippen molar-refractivity contribution >= 4 is 12.9 Å². The summed E-state index contributed by atoms with van der Waals surface area (Å²) in [6.07, 6.45) is 3.13. The molecular formula is C15H20F2N2O2S. The Bertz CT molecular complexity index is 520. The molecular weight excluding hydrogens is 310 g/mol. The van der Waals surface area contributed by atoms with Gasteiger partial charge in [0.05, 0.1) is 12.2 Å². The van der Waals surface area contributed by atoms with Gasteiger partial charge >= 0.3 is 0 Å². The zero-order valence-electron chi connectivity index (χ0n) is 12.3. The second kappa shape index (κ2) is 6.68. The molecule has 0 N–H and O–H groups in total. The largest absolute Gasteiger partial charge is 0.476 e. The Kier molecular flexibility index (Phi) is 4.84. The first kappa shape index (κ1) is 16.0. The second-order valence-corrected chi connectivity index (χ2v) is 6.25. The van der Waals surface area contributed by atoms with E-state index >= 15 is 0 Å². The van der Waals surface area contributed by atoms with E-state index in [2.05, 4.69) is 22.8 Å². The number of nitrogens with zero attached hydrogens (tertiary/aromatic N) is 2. The van der Waals surface area contributed by atoms with Gasteiger partial charge in [-0.1, -0.05) is 0 Å². The number of fused-ring (bicyclic) bond motifs is 1. The standard InChI is InChI=1S/C15H20F2N2O2S/c16-13(17)12-3-1-7-18-14(12)20-9-11-4-6-15(10-21-22)5-2-8-19(11)15/h1,3,7,11,13,22H,2,4-6,8-10H2/t11-,15-/m0/s1. The Morgan fingerprint density at radius 2 is 2.32 bits per heavy atom. The molecule has 0 radical (unpaired) electrons. The lowest BCUT2D eigenvalue weighted by Crippen LogP contribution is -2.46. The number of rotatable bonds is 6. The molecule has 2 aliphatic rings. The van der Waals surface area contributed by atoms with E-state index in [0.717, 1.165) is 32.2 Å². The lowest BCUT2D eigenvalue weighted by molar-refractivity contribution is 0.0773. The van der Waals surface area contributed by atoms with Crippen LogP contribution in [-0.2, 0) is 4.18 Å². The molecule has 3 heterocycles. The van der Waals surface area contributed by atoms with Crippen LogP contribution in [0.5, 0.6) is 5.88 Å². The van der Waals surface area contributed by atoms with Gasteiger partial charge in [-0.05, 0) is 57.3 Å². The number of hydrogen-bond acceptors (Lipinski definition) is 5. The Morgan fingerprint density at radius 3 is 3.09 bits per heavy atom. The average molecular weight is 330 g/mol. The first-order valence-corrected chi connectivity index (χ1v) is 7.92. The van der Waals surface area contributed by atoms with Crippen LogP contribution < -0.4 is 4.74 Å². The fourth-order valence-corrected chi connectivity index (χ4v) is 4.01. The van der Waals surface area contributed by atoms with E-state index in [4.69, 9.17) is 8.92 Å². The number of alkyl halides is 2. The molecule has 1 aromatic heterocycles. The third-order valence-corrected chi connectivity index (χ3v) is 4.94. The van der Waals surface area contributed by atoms with Crippen LogP contribution in [0, 0.1) is 0 Å². The Morgan fingerprint density at radius 1 is 1.45 bits per heavy atom. The lowest BCUT2D eigenvalue weighted by atomic mass is 9.95. The zero-order chi connectivity index (χ0) is 15.6. The summed E-state index contributed by atoms with van der Waals surface area (Å²) >= 11 is 3.90. The molecule has 4 nitrogen and oxygen atoms in total. The van der Waals surface area contributed by atoms with Crippen molar-refractivity contribution in [1.29, 1.82) is 0 Å². The minimum Gasteiger partial charge on any atom is -0.476 e. The van der Waals surface area contributed by atoms with Crippen LogP contribution in [0.25, 0.3) is 0 Å². The quantitative estimate of drug-likeness (QED) is 0.641. The molecule has 2 aliphatic heterocycles. The number of pyridine rings is 1. The molecule has 122 valence electrons. The van der Waals surface area contributed by atoms with Crippen molar-refractivity contribution in [3.63, 3.8) is 0 Å². The summed E-state index contributed by atoms with van der Waals surface area (Å²) in [7, 11) is 0. The predicted octanol–water partition coefficient (Wildman–Crippen LogP) is 3.26.